The minimum absolute atomic E-state index is 0.222. The minimum atomic E-state index is -0.222. The highest BCUT2D eigenvalue weighted by Crippen LogP contribution is 2.20. The SMILES string of the molecule is NC(=NCCc1c[nH]c2cc(F)ccc12)NC1CCCCC1. The molecule has 1 aliphatic carbocycles. The summed E-state index contributed by atoms with van der Waals surface area (Å²) in [4.78, 5) is 7.51. The average Bonchev–Trinajstić information content (AvgIpc) is 2.90. The zero-order valence-corrected chi connectivity index (χ0v) is 12.7. The number of benzene rings is 1. The molecular weight excluding hydrogens is 279 g/mol. The van der Waals surface area contributed by atoms with Crippen LogP contribution < -0.4 is 11.1 Å². The number of nitrogens with one attached hydrogen (secondary N) is 2. The Labute approximate surface area is 130 Å². The third-order valence-electron chi connectivity index (χ3n) is 4.35. The fourth-order valence-electron chi connectivity index (χ4n) is 3.16. The Morgan fingerprint density at radius 1 is 1.32 bits per heavy atom. The Bertz CT molecular complexity index is 656. The molecule has 0 spiro atoms. The van der Waals surface area contributed by atoms with Crippen LogP contribution >= 0.6 is 0 Å². The number of aliphatic imine (C=N–C) groups is 1. The van der Waals surface area contributed by atoms with Crippen LogP contribution in [0, 0.1) is 5.82 Å². The average molecular weight is 302 g/mol. The van der Waals surface area contributed by atoms with Gasteiger partial charge in [0, 0.05) is 29.7 Å². The maximum Gasteiger partial charge on any atom is 0.188 e. The first kappa shape index (κ1) is 14.9. The number of H-pyrrole nitrogens is 1. The Balaban J connectivity index is 1.55. The van der Waals surface area contributed by atoms with Gasteiger partial charge in [-0.2, -0.15) is 0 Å². The smallest absolute Gasteiger partial charge is 0.188 e. The van der Waals surface area contributed by atoms with Crippen molar-refractivity contribution in [3.05, 3.63) is 35.8 Å². The van der Waals surface area contributed by atoms with E-state index in [2.05, 4.69) is 15.3 Å². The van der Waals surface area contributed by atoms with E-state index in [1.807, 2.05) is 12.3 Å². The summed E-state index contributed by atoms with van der Waals surface area (Å²) in [6.07, 6.45) is 8.96. The molecule has 0 atom stereocenters. The number of hydrogen-bond acceptors (Lipinski definition) is 1. The standard InChI is InChI=1S/C17H23FN4/c18-13-6-7-15-12(11-21-16(15)10-13)8-9-20-17(19)22-14-4-2-1-3-5-14/h6-7,10-11,14,21H,1-5,8-9H2,(H3,19,20,22). The van der Waals surface area contributed by atoms with E-state index < -0.39 is 0 Å². The van der Waals surface area contributed by atoms with Crippen LogP contribution in [0.25, 0.3) is 10.9 Å². The minimum Gasteiger partial charge on any atom is -0.370 e. The van der Waals surface area contributed by atoms with Crippen molar-refractivity contribution in [2.75, 3.05) is 6.54 Å². The highest BCUT2D eigenvalue weighted by molar-refractivity contribution is 5.83. The molecule has 0 saturated heterocycles. The van der Waals surface area contributed by atoms with Gasteiger partial charge in [0.05, 0.1) is 0 Å². The molecule has 4 nitrogen and oxygen atoms in total. The second-order valence-electron chi connectivity index (χ2n) is 6.00. The highest BCUT2D eigenvalue weighted by atomic mass is 19.1. The van der Waals surface area contributed by atoms with Crippen molar-refractivity contribution in [1.29, 1.82) is 0 Å². The van der Waals surface area contributed by atoms with Gasteiger partial charge in [0.25, 0.3) is 0 Å². The number of aromatic nitrogens is 1. The lowest BCUT2D eigenvalue weighted by molar-refractivity contribution is 0.412. The van der Waals surface area contributed by atoms with Crippen molar-refractivity contribution < 1.29 is 4.39 Å². The molecule has 1 heterocycles. The van der Waals surface area contributed by atoms with E-state index in [1.165, 1.54) is 44.2 Å². The van der Waals surface area contributed by atoms with Gasteiger partial charge in [0.1, 0.15) is 5.82 Å². The van der Waals surface area contributed by atoms with Gasteiger partial charge >= 0.3 is 0 Å². The molecule has 2 aromatic rings. The van der Waals surface area contributed by atoms with Crippen LogP contribution in [-0.4, -0.2) is 23.5 Å². The summed E-state index contributed by atoms with van der Waals surface area (Å²) in [6.45, 7) is 0.635. The van der Waals surface area contributed by atoms with Crippen molar-refractivity contribution in [2.24, 2.45) is 10.7 Å². The fraction of sp³-hybridized carbons (Fsp3) is 0.471. The van der Waals surface area contributed by atoms with Gasteiger partial charge in [-0.3, -0.25) is 4.99 Å². The quantitative estimate of drug-likeness (QED) is 0.600. The molecule has 118 valence electrons. The zero-order chi connectivity index (χ0) is 15.4. The van der Waals surface area contributed by atoms with Gasteiger partial charge in [-0.1, -0.05) is 19.3 Å². The molecule has 1 aromatic heterocycles. The number of hydrogen-bond donors (Lipinski definition) is 3. The van der Waals surface area contributed by atoms with E-state index in [9.17, 15) is 4.39 Å². The van der Waals surface area contributed by atoms with Crippen LogP contribution in [0.5, 0.6) is 0 Å². The lowest BCUT2D eigenvalue weighted by atomic mass is 9.96. The predicted octanol–water partition coefficient (Wildman–Crippen LogP) is 3.09. The van der Waals surface area contributed by atoms with Gasteiger partial charge in [-0.05, 0) is 43.0 Å². The van der Waals surface area contributed by atoms with E-state index in [1.54, 1.807) is 0 Å². The molecule has 1 saturated carbocycles. The number of fused-ring (bicyclic) bond motifs is 1. The Morgan fingerprint density at radius 3 is 2.95 bits per heavy atom. The molecule has 0 unspecified atom stereocenters. The molecule has 3 rings (SSSR count). The molecule has 0 aliphatic heterocycles. The Kier molecular flexibility index (Phi) is 4.61. The van der Waals surface area contributed by atoms with Crippen LogP contribution in [0.4, 0.5) is 4.39 Å². The lowest BCUT2D eigenvalue weighted by Crippen LogP contribution is -2.41. The first-order chi connectivity index (χ1) is 10.7. The van der Waals surface area contributed by atoms with Gasteiger partial charge < -0.3 is 16.0 Å². The molecule has 0 bridgehead atoms. The van der Waals surface area contributed by atoms with Gasteiger partial charge in [-0.25, -0.2) is 4.39 Å². The maximum atomic E-state index is 13.2. The summed E-state index contributed by atoms with van der Waals surface area (Å²) >= 11 is 0. The normalized spacial score (nSPS) is 17.0. The first-order valence-corrected chi connectivity index (χ1v) is 8.04. The van der Waals surface area contributed by atoms with Crippen molar-refractivity contribution in [3.8, 4) is 0 Å². The molecular formula is C17H23FN4. The maximum absolute atomic E-state index is 13.2. The fourth-order valence-corrected chi connectivity index (χ4v) is 3.16. The van der Waals surface area contributed by atoms with Crippen LogP contribution in [-0.2, 0) is 6.42 Å². The number of nitrogens with two attached hydrogens (primary N) is 1. The third kappa shape index (κ3) is 3.59. The number of aromatic amines is 1. The second kappa shape index (κ2) is 6.81. The van der Waals surface area contributed by atoms with Crippen LogP contribution in [0.1, 0.15) is 37.7 Å². The molecule has 22 heavy (non-hydrogen) atoms. The number of guanidine groups is 1. The van der Waals surface area contributed by atoms with E-state index in [4.69, 9.17) is 5.73 Å². The number of halogens is 1. The van der Waals surface area contributed by atoms with Crippen LogP contribution in [0.15, 0.2) is 29.4 Å². The monoisotopic (exact) mass is 302 g/mol. The van der Waals surface area contributed by atoms with Gasteiger partial charge in [0.2, 0.25) is 0 Å². The highest BCUT2D eigenvalue weighted by Gasteiger charge is 2.13. The van der Waals surface area contributed by atoms with Crippen molar-refractivity contribution >= 4 is 16.9 Å². The van der Waals surface area contributed by atoms with Gasteiger partial charge in [0.15, 0.2) is 5.96 Å². The second-order valence-corrected chi connectivity index (χ2v) is 6.00. The molecule has 1 aliphatic rings. The van der Waals surface area contributed by atoms with Gasteiger partial charge in [-0.15, -0.1) is 0 Å². The van der Waals surface area contributed by atoms with Crippen molar-refractivity contribution in [1.82, 2.24) is 10.3 Å². The van der Waals surface area contributed by atoms with Crippen molar-refractivity contribution in [3.63, 3.8) is 0 Å². The van der Waals surface area contributed by atoms with E-state index >= 15 is 0 Å². The Morgan fingerprint density at radius 2 is 2.14 bits per heavy atom. The molecule has 5 heteroatoms. The van der Waals surface area contributed by atoms with Crippen molar-refractivity contribution in [2.45, 2.75) is 44.6 Å². The lowest BCUT2D eigenvalue weighted by Gasteiger charge is -2.23. The molecule has 0 radical (unpaired) electrons. The summed E-state index contributed by atoms with van der Waals surface area (Å²) in [7, 11) is 0. The predicted molar refractivity (Wildman–Crippen MR) is 88.5 cm³/mol. The molecule has 0 amide bonds. The summed E-state index contributed by atoms with van der Waals surface area (Å²) < 4.78 is 13.2. The topological polar surface area (TPSA) is 66.2 Å². The first-order valence-electron chi connectivity index (χ1n) is 8.04. The molecule has 1 aromatic carbocycles. The van der Waals surface area contributed by atoms with E-state index in [0.717, 1.165) is 22.9 Å². The molecule has 4 N–H and O–H groups in total. The van der Waals surface area contributed by atoms with Crippen LogP contribution in [0.2, 0.25) is 0 Å². The number of rotatable bonds is 4. The van der Waals surface area contributed by atoms with E-state index in [0.29, 0.717) is 18.5 Å². The summed E-state index contributed by atoms with van der Waals surface area (Å²) in [5, 5.41) is 4.37. The molecule has 1 fully saturated rings. The third-order valence-corrected chi connectivity index (χ3v) is 4.35. The van der Waals surface area contributed by atoms with Crippen LogP contribution in [0.3, 0.4) is 0 Å². The number of nitrogens with zero attached hydrogens (tertiary/aromatic N) is 1. The zero-order valence-electron chi connectivity index (χ0n) is 12.7. The summed E-state index contributed by atoms with van der Waals surface area (Å²) in [6, 6.07) is 5.29. The van der Waals surface area contributed by atoms with E-state index in [-0.39, 0.29) is 5.82 Å². The summed E-state index contributed by atoms with van der Waals surface area (Å²) in [5.41, 5.74) is 7.93. The summed E-state index contributed by atoms with van der Waals surface area (Å²) in [5.74, 6) is 0.317. The largest absolute Gasteiger partial charge is 0.370 e. The Hall–Kier alpha value is -2.04.